The average molecular weight is 315 g/mol. The molecule has 2 nitrogen and oxygen atoms in total. The molecule has 1 saturated carbocycles. The highest BCUT2D eigenvalue weighted by Crippen LogP contribution is 2.46. The number of halogens is 2. The minimum Gasteiger partial charge on any atom is -0.388 e. The van der Waals surface area contributed by atoms with Gasteiger partial charge in [-0.2, -0.15) is 0 Å². The van der Waals surface area contributed by atoms with Gasteiger partial charge >= 0.3 is 0 Å². The Kier molecular flexibility index (Phi) is 4.28. The Morgan fingerprint density at radius 2 is 2.00 bits per heavy atom. The van der Waals surface area contributed by atoms with Crippen LogP contribution in [0.2, 0.25) is 10.0 Å². The standard InChI is InChI=1S/C16H20Cl2O2/c17-12-3-4-14(18)13(9-12)15(19)11-5-8-20-16(10-11)6-1-2-7-16/h3-4,9,11,15,19H,1-2,5-8,10H2. The van der Waals surface area contributed by atoms with Crippen LogP contribution in [-0.4, -0.2) is 17.3 Å². The molecular formula is C16H20Cl2O2. The zero-order chi connectivity index (χ0) is 14.2. The van der Waals surface area contributed by atoms with Crippen molar-refractivity contribution in [1.29, 1.82) is 0 Å². The van der Waals surface area contributed by atoms with Gasteiger partial charge in [-0.1, -0.05) is 36.0 Å². The normalized spacial score (nSPS) is 26.9. The van der Waals surface area contributed by atoms with E-state index in [2.05, 4.69) is 0 Å². The molecule has 110 valence electrons. The lowest BCUT2D eigenvalue weighted by molar-refractivity contribution is -0.113. The van der Waals surface area contributed by atoms with E-state index in [9.17, 15) is 5.11 Å². The monoisotopic (exact) mass is 314 g/mol. The fraction of sp³-hybridized carbons (Fsp3) is 0.625. The van der Waals surface area contributed by atoms with Crippen LogP contribution < -0.4 is 0 Å². The Balaban J connectivity index is 1.79. The first kappa shape index (κ1) is 14.6. The van der Waals surface area contributed by atoms with Crippen molar-refractivity contribution in [1.82, 2.24) is 0 Å². The average Bonchev–Trinajstić information content (AvgIpc) is 2.88. The van der Waals surface area contributed by atoms with Gasteiger partial charge in [-0.25, -0.2) is 0 Å². The second-order valence-corrected chi connectivity index (χ2v) is 6.95. The lowest BCUT2D eigenvalue weighted by Crippen LogP contribution is -2.39. The number of rotatable bonds is 2. The van der Waals surface area contributed by atoms with Crippen molar-refractivity contribution in [3.63, 3.8) is 0 Å². The number of benzene rings is 1. The number of aliphatic hydroxyl groups excluding tert-OH is 1. The summed E-state index contributed by atoms with van der Waals surface area (Å²) >= 11 is 12.2. The summed E-state index contributed by atoms with van der Waals surface area (Å²) < 4.78 is 6.03. The third-order valence-electron chi connectivity index (χ3n) is 4.77. The van der Waals surface area contributed by atoms with Gasteiger partial charge in [0.2, 0.25) is 0 Å². The zero-order valence-corrected chi connectivity index (χ0v) is 13.0. The maximum absolute atomic E-state index is 10.7. The first-order valence-electron chi connectivity index (χ1n) is 7.37. The summed E-state index contributed by atoms with van der Waals surface area (Å²) in [5.74, 6) is 0.206. The van der Waals surface area contributed by atoms with E-state index in [0.29, 0.717) is 10.0 Å². The van der Waals surface area contributed by atoms with E-state index < -0.39 is 6.10 Å². The summed E-state index contributed by atoms with van der Waals surface area (Å²) in [5.41, 5.74) is 0.758. The minimum absolute atomic E-state index is 0.00888. The van der Waals surface area contributed by atoms with E-state index in [0.717, 1.165) is 37.9 Å². The molecule has 0 aromatic heterocycles. The number of hydrogen-bond donors (Lipinski definition) is 1. The van der Waals surface area contributed by atoms with Crippen molar-refractivity contribution in [2.24, 2.45) is 5.92 Å². The molecule has 20 heavy (non-hydrogen) atoms. The van der Waals surface area contributed by atoms with E-state index >= 15 is 0 Å². The summed E-state index contributed by atoms with van der Waals surface area (Å²) in [7, 11) is 0. The predicted octanol–water partition coefficient (Wildman–Crippen LogP) is 4.77. The number of ether oxygens (including phenoxy) is 1. The van der Waals surface area contributed by atoms with Crippen LogP contribution >= 0.6 is 23.2 Å². The fourth-order valence-corrected chi connectivity index (χ4v) is 4.11. The number of hydrogen-bond acceptors (Lipinski definition) is 2. The zero-order valence-electron chi connectivity index (χ0n) is 11.4. The van der Waals surface area contributed by atoms with Gasteiger partial charge in [-0.05, 0) is 49.8 Å². The Hall–Kier alpha value is -0.280. The predicted molar refractivity (Wildman–Crippen MR) is 81.3 cm³/mol. The highest BCUT2D eigenvalue weighted by Gasteiger charge is 2.42. The van der Waals surface area contributed by atoms with E-state index in [-0.39, 0.29) is 11.5 Å². The highest BCUT2D eigenvalue weighted by molar-refractivity contribution is 6.33. The summed E-state index contributed by atoms with van der Waals surface area (Å²) in [5, 5.41) is 11.9. The molecule has 1 spiro atoms. The van der Waals surface area contributed by atoms with Crippen LogP contribution in [0, 0.1) is 5.92 Å². The molecule has 2 unspecified atom stereocenters. The van der Waals surface area contributed by atoms with Gasteiger partial charge in [0.25, 0.3) is 0 Å². The summed E-state index contributed by atoms with van der Waals surface area (Å²) in [6.45, 7) is 0.736. The van der Waals surface area contributed by atoms with Gasteiger partial charge in [0.1, 0.15) is 0 Å². The molecular weight excluding hydrogens is 295 g/mol. The molecule has 2 atom stereocenters. The smallest absolute Gasteiger partial charge is 0.0835 e. The lowest BCUT2D eigenvalue weighted by Gasteiger charge is -2.40. The molecule has 2 aliphatic rings. The van der Waals surface area contributed by atoms with Gasteiger partial charge in [0.05, 0.1) is 11.7 Å². The van der Waals surface area contributed by atoms with Crippen LogP contribution in [0.3, 0.4) is 0 Å². The van der Waals surface area contributed by atoms with Gasteiger partial charge in [0.15, 0.2) is 0 Å². The Labute approximate surface area is 130 Å². The molecule has 0 amide bonds. The van der Waals surface area contributed by atoms with Crippen molar-refractivity contribution in [2.75, 3.05) is 6.61 Å². The van der Waals surface area contributed by atoms with Crippen LogP contribution in [0.5, 0.6) is 0 Å². The molecule has 4 heteroatoms. The van der Waals surface area contributed by atoms with Gasteiger partial charge in [0, 0.05) is 22.2 Å². The number of aliphatic hydroxyl groups is 1. The van der Waals surface area contributed by atoms with Crippen molar-refractivity contribution in [3.8, 4) is 0 Å². The van der Waals surface area contributed by atoms with E-state index in [1.807, 2.05) is 0 Å². The maximum Gasteiger partial charge on any atom is 0.0835 e. The first-order valence-corrected chi connectivity index (χ1v) is 8.12. The molecule has 3 rings (SSSR count). The molecule has 1 aromatic rings. The molecule has 1 aliphatic heterocycles. The SMILES string of the molecule is OC(c1cc(Cl)ccc1Cl)C1CCOC2(CCCC2)C1. The van der Waals surface area contributed by atoms with Crippen LogP contribution in [-0.2, 0) is 4.74 Å². The highest BCUT2D eigenvalue weighted by atomic mass is 35.5. The lowest BCUT2D eigenvalue weighted by atomic mass is 9.80. The van der Waals surface area contributed by atoms with Crippen molar-refractivity contribution in [3.05, 3.63) is 33.8 Å². The van der Waals surface area contributed by atoms with Crippen LogP contribution in [0.1, 0.15) is 50.2 Å². The van der Waals surface area contributed by atoms with Crippen LogP contribution in [0.4, 0.5) is 0 Å². The molecule has 0 radical (unpaired) electrons. The van der Waals surface area contributed by atoms with E-state index in [4.69, 9.17) is 27.9 Å². The molecule has 1 aromatic carbocycles. The molecule has 1 heterocycles. The molecule has 1 aliphatic carbocycles. The third kappa shape index (κ3) is 2.85. The van der Waals surface area contributed by atoms with Crippen molar-refractivity contribution in [2.45, 2.75) is 50.2 Å². The molecule has 1 saturated heterocycles. The quantitative estimate of drug-likeness (QED) is 0.852. The van der Waals surface area contributed by atoms with Gasteiger partial charge < -0.3 is 9.84 Å². The summed E-state index contributed by atoms with van der Waals surface area (Å²) in [6.07, 6.45) is 5.98. The topological polar surface area (TPSA) is 29.5 Å². The van der Waals surface area contributed by atoms with Gasteiger partial charge in [-0.15, -0.1) is 0 Å². The van der Waals surface area contributed by atoms with E-state index in [1.165, 1.54) is 12.8 Å². The molecule has 1 N–H and O–H groups in total. The largest absolute Gasteiger partial charge is 0.388 e. The third-order valence-corrected chi connectivity index (χ3v) is 5.35. The van der Waals surface area contributed by atoms with Crippen molar-refractivity contribution < 1.29 is 9.84 Å². The summed E-state index contributed by atoms with van der Waals surface area (Å²) in [4.78, 5) is 0. The maximum atomic E-state index is 10.7. The first-order chi connectivity index (χ1) is 9.60. The summed E-state index contributed by atoms with van der Waals surface area (Å²) in [6, 6.07) is 5.29. The fourth-order valence-electron chi connectivity index (χ4n) is 3.70. The van der Waals surface area contributed by atoms with Crippen LogP contribution in [0.25, 0.3) is 0 Å². The molecule has 2 fully saturated rings. The van der Waals surface area contributed by atoms with E-state index in [1.54, 1.807) is 18.2 Å². The second kappa shape index (κ2) is 5.84. The molecule has 0 bridgehead atoms. The Bertz CT molecular complexity index is 483. The minimum atomic E-state index is -0.553. The van der Waals surface area contributed by atoms with Crippen LogP contribution in [0.15, 0.2) is 18.2 Å². The second-order valence-electron chi connectivity index (χ2n) is 6.10. The Morgan fingerprint density at radius 1 is 1.25 bits per heavy atom. The van der Waals surface area contributed by atoms with Gasteiger partial charge in [-0.3, -0.25) is 0 Å². The Morgan fingerprint density at radius 3 is 2.75 bits per heavy atom. The van der Waals surface area contributed by atoms with Crippen molar-refractivity contribution >= 4 is 23.2 Å².